The highest BCUT2D eigenvalue weighted by atomic mass is 32.2. The number of aromatic nitrogens is 3. The van der Waals surface area contributed by atoms with Crippen molar-refractivity contribution in [3.05, 3.63) is 75.5 Å². The van der Waals surface area contributed by atoms with E-state index in [1.54, 1.807) is 34.4 Å². The van der Waals surface area contributed by atoms with Gasteiger partial charge >= 0.3 is 0 Å². The number of hydrogen-bond acceptors (Lipinski definition) is 5. The van der Waals surface area contributed by atoms with Crippen LogP contribution in [0.25, 0.3) is 16.7 Å². The molecule has 0 radical (unpaired) electrons. The molecule has 0 N–H and O–H groups in total. The van der Waals surface area contributed by atoms with Crippen LogP contribution in [0.1, 0.15) is 31.0 Å². The molecule has 3 rings (SSSR count). The highest BCUT2D eigenvalue weighted by Crippen LogP contribution is 2.16. The van der Waals surface area contributed by atoms with Gasteiger partial charge in [0.1, 0.15) is 17.4 Å². The molecule has 0 aromatic carbocycles. The minimum absolute atomic E-state index is 0.123. The number of pyridine rings is 2. The van der Waals surface area contributed by atoms with Crippen molar-refractivity contribution < 1.29 is 4.79 Å². The summed E-state index contributed by atoms with van der Waals surface area (Å²) in [6, 6.07) is 7.01. The first kappa shape index (κ1) is 21.3. The Bertz CT molecular complexity index is 1360. The van der Waals surface area contributed by atoms with E-state index in [2.05, 4.69) is 17.6 Å². The van der Waals surface area contributed by atoms with Crippen molar-refractivity contribution >= 4 is 34.3 Å². The van der Waals surface area contributed by atoms with Gasteiger partial charge in [-0.1, -0.05) is 24.8 Å². The maximum Gasteiger partial charge on any atom is 0.267 e. The van der Waals surface area contributed by atoms with Gasteiger partial charge in [0.05, 0.1) is 16.7 Å². The quantitative estimate of drug-likeness (QED) is 0.467. The van der Waals surface area contributed by atoms with Crippen LogP contribution in [0.5, 0.6) is 0 Å². The number of hydrogen-bond donors (Lipinski definition) is 0. The molecule has 3 aromatic heterocycles. The lowest BCUT2D eigenvalue weighted by atomic mass is 10.2. The third-order valence-corrected chi connectivity index (χ3v) is 5.20. The number of amides is 1. The summed E-state index contributed by atoms with van der Waals surface area (Å²) in [5.41, 5.74) is 1.86. The Balaban J connectivity index is 2.36. The van der Waals surface area contributed by atoms with E-state index in [4.69, 9.17) is 4.98 Å². The summed E-state index contributed by atoms with van der Waals surface area (Å²) < 4.78 is 3.15. The van der Waals surface area contributed by atoms with Crippen LogP contribution in [0.2, 0.25) is 0 Å². The molecule has 3 aromatic rings. The van der Waals surface area contributed by atoms with Gasteiger partial charge in [0.2, 0.25) is 0 Å². The molecule has 152 valence electrons. The fourth-order valence-electron chi connectivity index (χ4n) is 3.12. The van der Waals surface area contributed by atoms with E-state index >= 15 is 0 Å². The summed E-state index contributed by atoms with van der Waals surface area (Å²) >= 11 is 1.29. The second kappa shape index (κ2) is 8.93. The number of rotatable bonds is 5. The van der Waals surface area contributed by atoms with Crippen molar-refractivity contribution in [1.82, 2.24) is 14.0 Å². The SMILES string of the molecule is C=C/C=C\SCC(=O)N=c1c(C#N)cc2c(=O)n3cccc(C)c3nc2n1C(C)C. The highest BCUT2D eigenvalue weighted by molar-refractivity contribution is 8.02. The van der Waals surface area contributed by atoms with Crippen LogP contribution in [-0.2, 0) is 4.79 Å². The maximum atomic E-state index is 13.1. The first-order valence-electron chi connectivity index (χ1n) is 9.33. The number of aryl methyl sites for hydroxylation is 1. The van der Waals surface area contributed by atoms with Crippen molar-refractivity contribution in [1.29, 1.82) is 5.26 Å². The maximum absolute atomic E-state index is 13.1. The van der Waals surface area contributed by atoms with Gasteiger partial charge in [-0.3, -0.25) is 14.0 Å². The third-order valence-electron chi connectivity index (χ3n) is 4.44. The Morgan fingerprint density at radius 2 is 2.20 bits per heavy atom. The van der Waals surface area contributed by atoms with Crippen LogP contribution in [0.15, 0.2) is 58.3 Å². The summed E-state index contributed by atoms with van der Waals surface area (Å²) in [4.78, 5) is 34.4. The summed E-state index contributed by atoms with van der Waals surface area (Å²) in [5, 5.41) is 11.8. The van der Waals surface area contributed by atoms with Crippen molar-refractivity contribution in [3.63, 3.8) is 0 Å². The molecule has 1 amide bonds. The lowest BCUT2D eigenvalue weighted by Gasteiger charge is -2.16. The third kappa shape index (κ3) is 3.98. The minimum atomic E-state index is -0.382. The van der Waals surface area contributed by atoms with Gasteiger partial charge in [0.25, 0.3) is 11.5 Å². The Hall–Kier alpha value is -3.44. The van der Waals surface area contributed by atoms with Gasteiger partial charge in [-0.2, -0.15) is 10.3 Å². The normalized spacial score (nSPS) is 12.2. The van der Waals surface area contributed by atoms with E-state index < -0.39 is 0 Å². The number of nitriles is 1. The van der Waals surface area contributed by atoms with Gasteiger partial charge in [-0.25, -0.2) is 4.98 Å². The molecular weight excluding hydrogens is 398 g/mol. The predicted molar refractivity (Wildman–Crippen MR) is 119 cm³/mol. The van der Waals surface area contributed by atoms with E-state index in [-0.39, 0.29) is 34.3 Å². The molecular formula is C22H21N5O2S. The Morgan fingerprint density at radius 3 is 2.87 bits per heavy atom. The fourth-order valence-corrected chi connectivity index (χ4v) is 3.64. The Labute approximate surface area is 177 Å². The number of nitrogens with zero attached hydrogens (tertiary/aromatic N) is 5. The van der Waals surface area contributed by atoms with Gasteiger partial charge < -0.3 is 4.57 Å². The summed E-state index contributed by atoms with van der Waals surface area (Å²) in [6.07, 6.45) is 5.00. The van der Waals surface area contributed by atoms with Crippen LogP contribution in [0.4, 0.5) is 0 Å². The van der Waals surface area contributed by atoms with Crippen molar-refractivity contribution in [2.75, 3.05) is 5.75 Å². The molecule has 0 saturated heterocycles. The van der Waals surface area contributed by atoms with E-state index in [1.165, 1.54) is 22.2 Å². The molecule has 0 spiro atoms. The van der Waals surface area contributed by atoms with E-state index in [1.807, 2.05) is 26.8 Å². The average molecular weight is 420 g/mol. The molecule has 7 nitrogen and oxygen atoms in total. The number of carbonyl (C=O) groups is 1. The molecule has 3 heterocycles. The molecule has 0 fully saturated rings. The van der Waals surface area contributed by atoms with Gasteiger partial charge in [-0.15, -0.1) is 11.8 Å². The minimum Gasteiger partial charge on any atom is -0.307 e. The molecule has 0 aliphatic carbocycles. The number of thioether (sulfide) groups is 1. The zero-order chi connectivity index (χ0) is 21.8. The second-order valence-electron chi connectivity index (χ2n) is 6.88. The predicted octanol–water partition coefficient (Wildman–Crippen LogP) is 3.27. The monoisotopic (exact) mass is 419 g/mol. The van der Waals surface area contributed by atoms with Gasteiger partial charge in [0, 0.05) is 12.2 Å². The lowest BCUT2D eigenvalue weighted by Crippen LogP contribution is -2.31. The lowest BCUT2D eigenvalue weighted by molar-refractivity contribution is -0.115. The smallest absolute Gasteiger partial charge is 0.267 e. The van der Waals surface area contributed by atoms with Crippen molar-refractivity contribution in [2.45, 2.75) is 26.8 Å². The molecule has 0 aliphatic rings. The first-order valence-corrected chi connectivity index (χ1v) is 10.4. The second-order valence-corrected chi connectivity index (χ2v) is 7.77. The average Bonchev–Trinajstić information content (AvgIpc) is 2.71. The molecule has 30 heavy (non-hydrogen) atoms. The van der Waals surface area contributed by atoms with Crippen molar-refractivity contribution in [2.24, 2.45) is 4.99 Å². The largest absolute Gasteiger partial charge is 0.307 e. The van der Waals surface area contributed by atoms with E-state index in [0.717, 1.165) is 5.56 Å². The van der Waals surface area contributed by atoms with Gasteiger partial charge in [0.15, 0.2) is 5.49 Å². The summed E-state index contributed by atoms with van der Waals surface area (Å²) in [5.74, 6) is -0.259. The van der Waals surface area contributed by atoms with Gasteiger partial charge in [-0.05, 0) is 43.9 Å². The Kier molecular flexibility index (Phi) is 6.33. The summed E-state index contributed by atoms with van der Waals surface area (Å²) in [7, 11) is 0. The van der Waals surface area contributed by atoms with E-state index in [9.17, 15) is 14.9 Å². The zero-order valence-electron chi connectivity index (χ0n) is 17.0. The highest BCUT2D eigenvalue weighted by Gasteiger charge is 2.17. The van der Waals surface area contributed by atoms with Crippen molar-refractivity contribution in [3.8, 4) is 6.07 Å². The van der Waals surface area contributed by atoms with Crippen LogP contribution < -0.4 is 11.0 Å². The van der Waals surface area contributed by atoms with Crippen LogP contribution in [0, 0.1) is 18.3 Å². The standard InChI is InChI=1S/C22H21N5O2S/c1-5-6-10-30-13-18(28)24-20-16(12-23)11-17-21(27(20)14(2)3)25-19-15(4)8-7-9-26(19)22(17)29/h5-11,14H,1,13H2,2-4H3/b10-6-,24-20?. The first-order chi connectivity index (χ1) is 14.4. The number of carbonyl (C=O) groups excluding carboxylic acids is 1. The molecule has 0 saturated carbocycles. The topological polar surface area (TPSA) is 92.5 Å². The zero-order valence-corrected chi connectivity index (χ0v) is 17.8. The molecule has 0 bridgehead atoms. The Morgan fingerprint density at radius 1 is 1.43 bits per heavy atom. The number of allylic oxidation sites excluding steroid dienone is 2. The number of fused-ring (bicyclic) bond motifs is 2. The molecule has 0 aliphatic heterocycles. The molecule has 0 unspecified atom stereocenters. The van der Waals surface area contributed by atoms with Crippen LogP contribution in [-0.4, -0.2) is 25.6 Å². The molecule has 0 atom stereocenters. The van der Waals surface area contributed by atoms with Crippen LogP contribution >= 0.6 is 11.8 Å². The fraction of sp³-hybridized carbons (Fsp3) is 0.227. The van der Waals surface area contributed by atoms with E-state index in [0.29, 0.717) is 16.7 Å². The summed E-state index contributed by atoms with van der Waals surface area (Å²) in [6.45, 7) is 9.25. The molecule has 8 heteroatoms. The van der Waals surface area contributed by atoms with Crippen LogP contribution in [0.3, 0.4) is 0 Å².